The van der Waals surface area contributed by atoms with Crippen molar-refractivity contribution in [2.75, 3.05) is 6.54 Å². The van der Waals surface area contributed by atoms with Gasteiger partial charge in [0.15, 0.2) is 0 Å². The third-order valence-corrected chi connectivity index (χ3v) is 14.8. The van der Waals surface area contributed by atoms with Crippen molar-refractivity contribution in [2.45, 2.75) is 124 Å². The highest BCUT2D eigenvalue weighted by atomic mass is 28.3. The Morgan fingerprint density at radius 1 is 1.00 bits per heavy atom. The molecular formula is C23H49N2Si2. The molecule has 0 heterocycles. The molecule has 3 radical (unpaired) electrons. The van der Waals surface area contributed by atoms with Gasteiger partial charge in [0.1, 0.15) is 8.24 Å². The maximum atomic E-state index is 4.32. The van der Waals surface area contributed by atoms with Crippen LogP contribution in [-0.2, 0) is 0 Å². The first kappa shape index (κ1) is 25.4. The van der Waals surface area contributed by atoms with Crippen LogP contribution in [0.5, 0.6) is 0 Å². The molecule has 1 aliphatic rings. The lowest BCUT2D eigenvalue weighted by molar-refractivity contribution is -0.0353. The van der Waals surface area contributed by atoms with Gasteiger partial charge in [-0.05, 0) is 67.0 Å². The maximum absolute atomic E-state index is 4.32. The van der Waals surface area contributed by atoms with Gasteiger partial charge in [-0.3, -0.25) is 0 Å². The number of rotatable bonds is 5. The van der Waals surface area contributed by atoms with Crippen LogP contribution in [-0.4, -0.2) is 36.6 Å². The first-order valence-electron chi connectivity index (χ1n) is 11.0. The molecular weight excluding hydrogens is 360 g/mol. The predicted octanol–water partition coefficient (Wildman–Crippen LogP) is 6.15. The Hall–Kier alpha value is 0.354. The van der Waals surface area contributed by atoms with E-state index in [2.05, 4.69) is 110 Å². The Bertz CT molecular complexity index is 511. The fraction of sp³-hybridized carbons (Fsp3) is 1.00. The van der Waals surface area contributed by atoms with Gasteiger partial charge >= 0.3 is 0 Å². The van der Waals surface area contributed by atoms with Crippen molar-refractivity contribution in [3.63, 3.8) is 0 Å². The number of hydrogen-bond donors (Lipinski definition) is 2. The highest BCUT2D eigenvalue weighted by Crippen LogP contribution is 2.66. The maximum Gasteiger partial charge on any atom is 0.125 e. The molecule has 1 aliphatic carbocycles. The second-order valence-electron chi connectivity index (χ2n) is 13.0. The molecule has 0 amide bonds. The van der Waals surface area contributed by atoms with Crippen LogP contribution in [0.3, 0.4) is 0 Å². The molecule has 2 N–H and O–H groups in total. The average Bonchev–Trinajstić information content (AvgIpc) is 2.41. The molecule has 0 aromatic heterocycles. The molecule has 0 spiro atoms. The SMILES string of the molecule is CC1C(N[Si](C)(C)C(C)(C)C)CC(C)(CCNC(C)(C)C)C(C)([Si])C1(C)C. The molecule has 2 nitrogen and oxygen atoms in total. The standard InChI is InChI=1S/C23H49N2Si2/c1-17-18(25-27(12,13)20(5,6)7)16-22(10,14-15-24-19(2,3)4)23(11,26)21(17,8)9/h17-18,24-25H,14-16H2,1-13H3. The largest absolute Gasteiger partial charge is 0.334 e. The molecule has 4 heteroatoms. The van der Waals surface area contributed by atoms with Gasteiger partial charge in [-0.15, -0.1) is 0 Å². The summed E-state index contributed by atoms with van der Waals surface area (Å²) in [5.74, 6) is 0.623. The zero-order valence-corrected chi connectivity index (χ0v) is 22.8. The molecule has 1 fully saturated rings. The van der Waals surface area contributed by atoms with Crippen molar-refractivity contribution in [2.24, 2.45) is 16.7 Å². The summed E-state index contributed by atoms with van der Waals surface area (Å²) in [6, 6.07) is 0.574. The van der Waals surface area contributed by atoms with Crippen LogP contribution in [0.25, 0.3) is 0 Å². The summed E-state index contributed by atoms with van der Waals surface area (Å²) in [6.07, 6.45) is 2.42. The van der Waals surface area contributed by atoms with E-state index in [4.69, 9.17) is 0 Å². The number of hydrogen-bond acceptors (Lipinski definition) is 2. The van der Waals surface area contributed by atoms with E-state index in [9.17, 15) is 0 Å². The van der Waals surface area contributed by atoms with Gasteiger partial charge in [0.25, 0.3) is 0 Å². The van der Waals surface area contributed by atoms with E-state index in [1.807, 2.05) is 0 Å². The van der Waals surface area contributed by atoms with Gasteiger partial charge in [0.2, 0.25) is 0 Å². The Balaban J connectivity index is 3.16. The van der Waals surface area contributed by atoms with Crippen LogP contribution < -0.4 is 10.3 Å². The molecule has 0 aromatic rings. The summed E-state index contributed by atoms with van der Waals surface area (Å²) in [5.41, 5.74) is 0.617. The van der Waals surface area contributed by atoms with Gasteiger partial charge < -0.3 is 10.3 Å². The first-order chi connectivity index (χ1) is 11.7. The minimum Gasteiger partial charge on any atom is -0.334 e. The molecule has 1 rings (SSSR count). The van der Waals surface area contributed by atoms with Gasteiger partial charge in [-0.1, -0.05) is 68.5 Å². The highest BCUT2D eigenvalue weighted by Gasteiger charge is 2.59. The van der Waals surface area contributed by atoms with Crippen LogP contribution in [0, 0.1) is 16.7 Å². The molecule has 0 aliphatic heterocycles. The van der Waals surface area contributed by atoms with Crippen molar-refractivity contribution in [1.82, 2.24) is 10.3 Å². The normalized spacial score (nSPS) is 35.3. The Morgan fingerprint density at radius 3 is 1.89 bits per heavy atom. The second kappa shape index (κ2) is 7.55. The lowest BCUT2D eigenvalue weighted by Crippen LogP contribution is -2.65. The highest BCUT2D eigenvalue weighted by molar-refractivity contribution is 6.77. The molecule has 4 unspecified atom stereocenters. The summed E-state index contributed by atoms with van der Waals surface area (Å²) < 4.78 is 0. The molecule has 4 atom stereocenters. The third-order valence-electron chi connectivity index (χ3n) is 8.66. The zero-order chi connectivity index (χ0) is 21.7. The average molecular weight is 410 g/mol. The summed E-state index contributed by atoms with van der Waals surface area (Å²) in [5, 5.41) is 4.18. The van der Waals surface area contributed by atoms with Gasteiger partial charge in [-0.2, -0.15) is 0 Å². The quantitative estimate of drug-likeness (QED) is 0.532. The Morgan fingerprint density at radius 2 is 1.48 bits per heavy atom. The van der Waals surface area contributed by atoms with E-state index in [1.165, 1.54) is 12.8 Å². The smallest absolute Gasteiger partial charge is 0.125 e. The molecule has 0 saturated heterocycles. The Labute approximate surface area is 175 Å². The van der Waals surface area contributed by atoms with Crippen molar-refractivity contribution in [1.29, 1.82) is 0 Å². The number of nitrogens with one attached hydrogen (secondary N) is 2. The van der Waals surface area contributed by atoms with Crippen molar-refractivity contribution in [3.05, 3.63) is 0 Å². The second-order valence-corrected chi connectivity index (χ2v) is 19.0. The molecule has 159 valence electrons. The fourth-order valence-corrected chi connectivity index (χ4v) is 6.69. The van der Waals surface area contributed by atoms with Gasteiger partial charge in [-0.25, -0.2) is 0 Å². The van der Waals surface area contributed by atoms with Crippen LogP contribution in [0.1, 0.15) is 89.0 Å². The molecule has 27 heavy (non-hydrogen) atoms. The molecule has 0 bridgehead atoms. The van der Waals surface area contributed by atoms with E-state index in [1.54, 1.807) is 0 Å². The lowest BCUT2D eigenvalue weighted by Gasteiger charge is -2.64. The predicted molar refractivity (Wildman–Crippen MR) is 126 cm³/mol. The summed E-state index contributed by atoms with van der Waals surface area (Å²) in [6.45, 7) is 32.5. The van der Waals surface area contributed by atoms with Crippen LogP contribution in [0.15, 0.2) is 0 Å². The van der Waals surface area contributed by atoms with Crippen LogP contribution >= 0.6 is 0 Å². The van der Waals surface area contributed by atoms with E-state index < -0.39 is 8.24 Å². The van der Waals surface area contributed by atoms with E-state index in [0.717, 1.165) is 6.54 Å². The lowest BCUT2D eigenvalue weighted by atomic mass is 9.50. The van der Waals surface area contributed by atoms with E-state index >= 15 is 0 Å². The van der Waals surface area contributed by atoms with E-state index in [-0.39, 0.29) is 21.4 Å². The van der Waals surface area contributed by atoms with E-state index in [0.29, 0.717) is 17.0 Å². The van der Waals surface area contributed by atoms with Crippen molar-refractivity contribution < 1.29 is 0 Å². The third kappa shape index (κ3) is 5.10. The van der Waals surface area contributed by atoms with Crippen molar-refractivity contribution >= 4 is 18.5 Å². The van der Waals surface area contributed by atoms with Gasteiger partial charge in [0, 0.05) is 21.8 Å². The molecule has 1 saturated carbocycles. The summed E-state index contributed by atoms with van der Waals surface area (Å²) in [7, 11) is 2.78. The summed E-state index contributed by atoms with van der Waals surface area (Å²) >= 11 is 0. The van der Waals surface area contributed by atoms with Crippen LogP contribution in [0.2, 0.25) is 23.2 Å². The first-order valence-corrected chi connectivity index (χ1v) is 14.5. The van der Waals surface area contributed by atoms with Crippen LogP contribution in [0.4, 0.5) is 0 Å². The minimum atomic E-state index is -1.55. The molecule has 0 aromatic carbocycles. The zero-order valence-electron chi connectivity index (χ0n) is 20.8. The fourth-order valence-electron chi connectivity index (χ4n) is 4.52. The Kier molecular flexibility index (Phi) is 7.10. The topological polar surface area (TPSA) is 24.1 Å². The van der Waals surface area contributed by atoms with Gasteiger partial charge in [0.05, 0.1) is 0 Å². The minimum absolute atomic E-state index is 0.102. The monoisotopic (exact) mass is 409 g/mol. The summed E-state index contributed by atoms with van der Waals surface area (Å²) in [4.78, 5) is 4.24. The van der Waals surface area contributed by atoms with Crippen molar-refractivity contribution in [3.8, 4) is 0 Å².